The molecule has 0 bridgehead atoms. The molecule has 0 radical (unpaired) electrons. The van der Waals surface area contributed by atoms with Gasteiger partial charge in [0, 0.05) is 31.1 Å². The molecule has 0 spiro atoms. The maximum atomic E-state index is 12.1. The zero-order valence-corrected chi connectivity index (χ0v) is 16.4. The molecule has 1 unspecified atom stereocenters. The Balaban J connectivity index is 0.00000364. The van der Waals surface area contributed by atoms with Gasteiger partial charge in [0.2, 0.25) is 5.91 Å². The third-order valence-electron chi connectivity index (χ3n) is 4.15. The van der Waals surface area contributed by atoms with Crippen LogP contribution < -0.4 is 16.4 Å². The quantitative estimate of drug-likeness (QED) is 0.575. The van der Waals surface area contributed by atoms with Gasteiger partial charge in [0.25, 0.3) is 5.91 Å². The van der Waals surface area contributed by atoms with Gasteiger partial charge in [-0.15, -0.1) is 12.4 Å². The van der Waals surface area contributed by atoms with E-state index in [0.717, 1.165) is 24.0 Å². The lowest BCUT2D eigenvalue weighted by molar-refractivity contribution is -0.121. The average molecular weight is 390 g/mol. The minimum Gasteiger partial charge on any atom is -0.352 e. The number of carbonyl (C=O) groups excluding carboxylic acids is 2. The minimum atomic E-state index is -0.314. The monoisotopic (exact) mass is 389 g/mol. The lowest BCUT2D eigenvalue weighted by atomic mass is 10.0. The number of hydrogen-bond acceptors (Lipinski definition) is 3. The highest BCUT2D eigenvalue weighted by Gasteiger charge is 2.11. The summed E-state index contributed by atoms with van der Waals surface area (Å²) < 4.78 is 0. The van der Waals surface area contributed by atoms with E-state index in [1.807, 2.05) is 42.5 Å². The van der Waals surface area contributed by atoms with Crippen LogP contribution in [-0.2, 0) is 11.3 Å². The topological polar surface area (TPSA) is 84.2 Å². The van der Waals surface area contributed by atoms with E-state index < -0.39 is 0 Å². The van der Waals surface area contributed by atoms with Crippen molar-refractivity contribution in [1.82, 2.24) is 10.6 Å². The lowest BCUT2D eigenvalue weighted by Crippen LogP contribution is -2.27. The van der Waals surface area contributed by atoms with Crippen LogP contribution in [0.15, 0.2) is 54.6 Å². The van der Waals surface area contributed by atoms with Gasteiger partial charge in [0.05, 0.1) is 0 Å². The van der Waals surface area contributed by atoms with Gasteiger partial charge < -0.3 is 16.4 Å². The molecular formula is C21H28ClN3O2. The molecule has 27 heavy (non-hydrogen) atoms. The summed E-state index contributed by atoms with van der Waals surface area (Å²) in [5, 5.41) is 5.75. The zero-order valence-electron chi connectivity index (χ0n) is 15.6. The molecule has 2 aromatic carbocycles. The summed E-state index contributed by atoms with van der Waals surface area (Å²) >= 11 is 0. The molecule has 2 aromatic rings. The fraction of sp³-hybridized carbons (Fsp3) is 0.333. The van der Waals surface area contributed by atoms with E-state index in [2.05, 4.69) is 17.6 Å². The number of unbranched alkanes of at least 4 members (excludes halogenated alkanes) is 1. The second-order valence-corrected chi connectivity index (χ2v) is 6.30. The summed E-state index contributed by atoms with van der Waals surface area (Å²) in [6.45, 7) is 3.19. The number of carbonyl (C=O) groups is 2. The number of hydrogen-bond donors (Lipinski definition) is 3. The third kappa shape index (κ3) is 7.81. The number of benzene rings is 2. The molecule has 0 fully saturated rings. The van der Waals surface area contributed by atoms with Crippen molar-refractivity contribution < 1.29 is 9.59 Å². The highest BCUT2D eigenvalue weighted by molar-refractivity contribution is 5.94. The normalized spacial score (nSPS) is 11.2. The highest BCUT2D eigenvalue weighted by Crippen LogP contribution is 2.13. The fourth-order valence-corrected chi connectivity index (χ4v) is 2.55. The first-order chi connectivity index (χ1) is 12.6. The summed E-state index contributed by atoms with van der Waals surface area (Å²) in [6.07, 6.45) is 2.26. The van der Waals surface area contributed by atoms with Crippen LogP contribution in [-0.4, -0.2) is 18.4 Å². The standard InChI is InChI=1S/C21H27N3O2.ClH/c1-2-3-13-23-21(26)18-11-9-16(10-12-18)15-24-20(25)14-19(22)17-7-5-4-6-8-17;/h4-12,19H,2-3,13-15,22H2,1H3,(H,23,26)(H,24,25);1H. The number of amides is 2. The van der Waals surface area contributed by atoms with Gasteiger partial charge in [-0.05, 0) is 29.7 Å². The molecule has 6 heteroatoms. The molecule has 0 aromatic heterocycles. The SMILES string of the molecule is CCCCNC(=O)c1ccc(CNC(=O)CC(N)c2ccccc2)cc1.Cl. The number of rotatable bonds is 9. The maximum absolute atomic E-state index is 12.1. The van der Waals surface area contributed by atoms with Gasteiger partial charge >= 0.3 is 0 Å². The molecule has 0 saturated carbocycles. The minimum absolute atomic E-state index is 0. The van der Waals surface area contributed by atoms with Gasteiger partial charge in [0.15, 0.2) is 0 Å². The van der Waals surface area contributed by atoms with E-state index >= 15 is 0 Å². The largest absolute Gasteiger partial charge is 0.352 e. The summed E-state index contributed by atoms with van der Waals surface area (Å²) in [5.41, 5.74) is 8.58. The number of nitrogens with two attached hydrogens (primary N) is 1. The number of nitrogens with one attached hydrogen (secondary N) is 2. The van der Waals surface area contributed by atoms with Crippen molar-refractivity contribution in [2.45, 2.75) is 38.8 Å². The predicted molar refractivity (Wildman–Crippen MR) is 111 cm³/mol. The molecule has 0 aliphatic carbocycles. The van der Waals surface area contributed by atoms with Gasteiger partial charge in [-0.3, -0.25) is 9.59 Å². The first-order valence-electron chi connectivity index (χ1n) is 9.04. The maximum Gasteiger partial charge on any atom is 0.251 e. The lowest BCUT2D eigenvalue weighted by Gasteiger charge is -2.12. The van der Waals surface area contributed by atoms with Crippen LogP contribution in [0.2, 0.25) is 0 Å². The Bertz CT molecular complexity index is 705. The van der Waals surface area contributed by atoms with Crippen LogP contribution in [0, 0.1) is 0 Å². The molecule has 2 amide bonds. The Hall–Kier alpha value is -2.37. The van der Waals surface area contributed by atoms with Crippen LogP contribution in [0.1, 0.15) is 53.7 Å². The molecule has 0 heterocycles. The molecule has 1 atom stereocenters. The van der Waals surface area contributed by atoms with E-state index in [1.54, 1.807) is 12.1 Å². The molecule has 2 rings (SSSR count). The smallest absolute Gasteiger partial charge is 0.251 e. The molecule has 4 N–H and O–H groups in total. The zero-order chi connectivity index (χ0) is 18.8. The number of halogens is 1. The Labute approximate surface area is 167 Å². The summed E-state index contributed by atoms with van der Waals surface area (Å²) in [4.78, 5) is 24.0. The summed E-state index contributed by atoms with van der Waals surface area (Å²) in [6, 6.07) is 16.5. The van der Waals surface area contributed by atoms with Gasteiger partial charge in [-0.2, -0.15) is 0 Å². The Morgan fingerprint density at radius 2 is 1.67 bits per heavy atom. The molecule has 0 aliphatic heterocycles. The Kier molecular flexibility index (Phi) is 10.2. The van der Waals surface area contributed by atoms with Crippen LogP contribution in [0.3, 0.4) is 0 Å². The van der Waals surface area contributed by atoms with E-state index in [1.165, 1.54) is 0 Å². The van der Waals surface area contributed by atoms with Crippen LogP contribution in [0.25, 0.3) is 0 Å². The van der Waals surface area contributed by atoms with E-state index in [-0.39, 0.29) is 36.7 Å². The highest BCUT2D eigenvalue weighted by atomic mass is 35.5. The Morgan fingerprint density at radius 3 is 2.30 bits per heavy atom. The van der Waals surface area contributed by atoms with Crippen LogP contribution in [0.4, 0.5) is 0 Å². The van der Waals surface area contributed by atoms with Crippen molar-refractivity contribution in [1.29, 1.82) is 0 Å². The van der Waals surface area contributed by atoms with Crippen molar-refractivity contribution in [3.63, 3.8) is 0 Å². The van der Waals surface area contributed by atoms with Crippen LogP contribution in [0.5, 0.6) is 0 Å². The molecule has 146 valence electrons. The first kappa shape index (κ1) is 22.7. The van der Waals surface area contributed by atoms with E-state index in [4.69, 9.17) is 5.73 Å². The van der Waals surface area contributed by atoms with Gasteiger partial charge in [0.1, 0.15) is 0 Å². The molecule has 0 saturated heterocycles. The summed E-state index contributed by atoms with van der Waals surface area (Å²) in [5.74, 6) is -0.161. The van der Waals surface area contributed by atoms with E-state index in [0.29, 0.717) is 18.7 Å². The first-order valence-corrected chi connectivity index (χ1v) is 9.04. The fourth-order valence-electron chi connectivity index (χ4n) is 2.55. The van der Waals surface area contributed by atoms with Crippen molar-refractivity contribution in [2.75, 3.05) is 6.54 Å². The van der Waals surface area contributed by atoms with Crippen molar-refractivity contribution in [3.8, 4) is 0 Å². The van der Waals surface area contributed by atoms with Gasteiger partial charge in [-0.1, -0.05) is 55.8 Å². The second kappa shape index (κ2) is 12.1. The third-order valence-corrected chi connectivity index (χ3v) is 4.15. The molecule has 5 nitrogen and oxygen atoms in total. The van der Waals surface area contributed by atoms with Gasteiger partial charge in [-0.25, -0.2) is 0 Å². The van der Waals surface area contributed by atoms with Crippen molar-refractivity contribution in [2.24, 2.45) is 5.73 Å². The summed E-state index contributed by atoms with van der Waals surface area (Å²) in [7, 11) is 0. The molecular weight excluding hydrogens is 362 g/mol. The van der Waals surface area contributed by atoms with E-state index in [9.17, 15) is 9.59 Å². The van der Waals surface area contributed by atoms with Crippen molar-refractivity contribution >= 4 is 24.2 Å². The second-order valence-electron chi connectivity index (χ2n) is 6.30. The Morgan fingerprint density at radius 1 is 1.00 bits per heavy atom. The van der Waals surface area contributed by atoms with Crippen molar-refractivity contribution in [3.05, 3.63) is 71.3 Å². The van der Waals surface area contributed by atoms with Crippen LogP contribution >= 0.6 is 12.4 Å². The predicted octanol–water partition coefficient (Wildman–Crippen LogP) is 3.34. The average Bonchev–Trinajstić information content (AvgIpc) is 2.67. The molecule has 0 aliphatic rings.